The normalized spacial score (nSPS) is 19.6. The van der Waals surface area contributed by atoms with Crippen molar-refractivity contribution in [3.05, 3.63) is 82.7 Å². The molecule has 2 atom stereocenters. The maximum Gasteiger partial charge on any atom is 0.373 e. The number of carbonyl (C=O) groups is 2. The van der Waals surface area contributed by atoms with Gasteiger partial charge >= 0.3 is 6.15 Å². The second kappa shape index (κ2) is 10.2. The Morgan fingerprint density at radius 3 is 2.29 bits per heavy atom. The van der Waals surface area contributed by atoms with Crippen molar-refractivity contribution in [2.24, 2.45) is 0 Å². The summed E-state index contributed by atoms with van der Waals surface area (Å²) < 4.78 is 13.7. The number of aromatic nitrogens is 1. The predicted octanol–water partition coefficient (Wildman–Crippen LogP) is 4.67. The number of hydrogen-bond acceptors (Lipinski definition) is 6. The van der Waals surface area contributed by atoms with Crippen molar-refractivity contribution in [1.82, 2.24) is 4.98 Å². The van der Waals surface area contributed by atoms with Crippen molar-refractivity contribution in [3.8, 4) is 0 Å². The summed E-state index contributed by atoms with van der Waals surface area (Å²) in [5, 5.41) is 0. The van der Waals surface area contributed by atoms with Crippen LogP contribution in [0.15, 0.2) is 54.6 Å². The summed E-state index contributed by atoms with van der Waals surface area (Å²) in [6.07, 6.45) is 2.30. The first-order valence-corrected chi connectivity index (χ1v) is 12.0. The smallest absolute Gasteiger partial charge is 0.340 e. The van der Waals surface area contributed by atoms with Crippen LogP contribution in [-0.4, -0.2) is 42.1 Å². The Balaban J connectivity index is 0.000000804. The van der Waals surface area contributed by atoms with E-state index in [0.29, 0.717) is 11.4 Å². The van der Waals surface area contributed by atoms with E-state index in [-0.39, 0.29) is 43.3 Å². The highest BCUT2D eigenvalue weighted by Gasteiger charge is 2.44. The highest BCUT2D eigenvalue weighted by atomic mass is 19.1. The van der Waals surface area contributed by atoms with E-state index in [4.69, 9.17) is 14.6 Å². The molecule has 196 valence electrons. The van der Waals surface area contributed by atoms with Crippen LogP contribution in [0.5, 0.6) is 0 Å². The Labute approximate surface area is 220 Å². The zero-order valence-corrected chi connectivity index (χ0v) is 20.6. The standard InChI is InChI=1S/C27H25FN4O2.CO2.CH4/c1-15-5-4-6-20-23(15)27(34)32(24(20)17-7-9-18(28)10-8-17)22-14-13-21-25(29-22)31(19-11-12-19)16(2)26(33)30(21)3;2-1-3;/h4-10,13-14,16,19,24H,11-12H2,1-3H3;;1H4. The molecule has 0 bridgehead atoms. The lowest BCUT2D eigenvalue weighted by atomic mass is 9.95. The number of rotatable bonds is 3. The quantitative estimate of drug-likeness (QED) is 0.503. The molecular formula is C29H29FN4O4. The van der Waals surface area contributed by atoms with Crippen molar-refractivity contribution in [2.45, 2.75) is 52.2 Å². The summed E-state index contributed by atoms with van der Waals surface area (Å²) in [5.41, 5.74) is 4.01. The van der Waals surface area contributed by atoms with Crippen LogP contribution in [0.3, 0.4) is 0 Å². The van der Waals surface area contributed by atoms with E-state index in [1.54, 1.807) is 35.0 Å². The Hall–Kier alpha value is -4.36. The average Bonchev–Trinajstić information content (AvgIpc) is 3.67. The molecule has 1 aromatic heterocycles. The first kappa shape index (κ1) is 26.7. The fraction of sp³-hybridized carbons (Fsp3) is 0.310. The summed E-state index contributed by atoms with van der Waals surface area (Å²) in [7, 11) is 1.77. The molecule has 0 radical (unpaired) electrons. The molecule has 0 spiro atoms. The number of pyridine rings is 1. The lowest BCUT2D eigenvalue weighted by Gasteiger charge is -2.40. The largest absolute Gasteiger partial charge is 0.373 e. The van der Waals surface area contributed by atoms with Gasteiger partial charge in [0.15, 0.2) is 5.82 Å². The van der Waals surface area contributed by atoms with Crippen molar-refractivity contribution in [1.29, 1.82) is 0 Å². The predicted molar refractivity (Wildman–Crippen MR) is 141 cm³/mol. The summed E-state index contributed by atoms with van der Waals surface area (Å²) >= 11 is 0. The minimum Gasteiger partial charge on any atom is -0.340 e. The van der Waals surface area contributed by atoms with Gasteiger partial charge in [-0.25, -0.2) is 9.37 Å². The summed E-state index contributed by atoms with van der Waals surface area (Å²) in [6.45, 7) is 3.84. The molecule has 0 saturated heterocycles. The van der Waals surface area contributed by atoms with Gasteiger partial charge in [-0.1, -0.05) is 37.8 Å². The highest BCUT2D eigenvalue weighted by molar-refractivity contribution is 6.12. The van der Waals surface area contributed by atoms with E-state index in [2.05, 4.69) is 4.90 Å². The van der Waals surface area contributed by atoms with E-state index in [0.717, 1.165) is 41.0 Å². The number of hydrogen-bond donors (Lipinski definition) is 0. The molecule has 3 aromatic rings. The van der Waals surface area contributed by atoms with Crippen LogP contribution < -0.4 is 14.7 Å². The van der Waals surface area contributed by atoms with Gasteiger partial charge in [-0.3, -0.25) is 14.5 Å². The van der Waals surface area contributed by atoms with Crippen LogP contribution in [0.25, 0.3) is 0 Å². The minimum absolute atomic E-state index is 0. The summed E-state index contributed by atoms with van der Waals surface area (Å²) in [4.78, 5) is 53.3. The SMILES string of the molecule is C.Cc1cccc2c1C(=O)N(c1ccc3c(n1)N(C1CC1)C(C)C(=O)N3C)C2c1ccc(F)cc1.O=C=O. The van der Waals surface area contributed by atoms with Gasteiger partial charge in [-0.15, -0.1) is 0 Å². The molecule has 38 heavy (non-hydrogen) atoms. The molecule has 3 heterocycles. The van der Waals surface area contributed by atoms with Gasteiger partial charge in [0.05, 0.1) is 11.7 Å². The molecule has 8 nitrogen and oxygen atoms in total. The van der Waals surface area contributed by atoms with Gasteiger partial charge in [-0.05, 0) is 67.6 Å². The van der Waals surface area contributed by atoms with Crippen LogP contribution in [0.1, 0.15) is 60.3 Å². The minimum atomic E-state index is -0.414. The zero-order chi connectivity index (χ0) is 26.4. The molecule has 2 amide bonds. The molecular weight excluding hydrogens is 487 g/mol. The van der Waals surface area contributed by atoms with Gasteiger partial charge in [0.2, 0.25) is 5.91 Å². The maximum absolute atomic E-state index is 13.8. The van der Waals surface area contributed by atoms with Crippen LogP contribution in [0, 0.1) is 12.7 Å². The number of halogens is 1. The van der Waals surface area contributed by atoms with E-state index in [1.165, 1.54) is 12.1 Å². The number of fused-ring (bicyclic) bond motifs is 2. The van der Waals surface area contributed by atoms with Crippen molar-refractivity contribution in [2.75, 3.05) is 21.7 Å². The Morgan fingerprint density at radius 2 is 1.66 bits per heavy atom. The van der Waals surface area contributed by atoms with Crippen LogP contribution in [0.4, 0.5) is 21.7 Å². The van der Waals surface area contributed by atoms with E-state index < -0.39 is 6.04 Å². The van der Waals surface area contributed by atoms with E-state index in [9.17, 15) is 14.0 Å². The molecule has 2 unspecified atom stereocenters. The van der Waals surface area contributed by atoms with Gasteiger partial charge in [0.25, 0.3) is 5.91 Å². The molecule has 9 heteroatoms. The maximum atomic E-state index is 13.8. The molecule has 1 saturated carbocycles. The third-order valence-corrected chi connectivity index (χ3v) is 7.21. The van der Waals surface area contributed by atoms with Crippen molar-refractivity contribution >= 4 is 35.3 Å². The average molecular weight is 517 g/mol. The van der Waals surface area contributed by atoms with Gasteiger partial charge in [0.1, 0.15) is 17.7 Å². The lowest BCUT2D eigenvalue weighted by molar-refractivity contribution is -0.191. The van der Waals surface area contributed by atoms with Crippen LogP contribution in [-0.2, 0) is 14.4 Å². The fourth-order valence-electron chi connectivity index (χ4n) is 5.36. The topological polar surface area (TPSA) is 90.9 Å². The molecule has 3 aliphatic rings. The summed E-state index contributed by atoms with van der Waals surface area (Å²) in [5.74, 6) is 0.847. The number of amides is 2. The van der Waals surface area contributed by atoms with Crippen molar-refractivity contribution in [3.63, 3.8) is 0 Å². The van der Waals surface area contributed by atoms with Gasteiger partial charge < -0.3 is 9.80 Å². The highest BCUT2D eigenvalue weighted by Crippen LogP contribution is 2.46. The molecule has 1 aliphatic carbocycles. The number of aryl methyl sites for hydroxylation is 1. The Kier molecular flexibility index (Phi) is 7.16. The summed E-state index contributed by atoms with van der Waals surface area (Å²) in [6, 6.07) is 15.4. The zero-order valence-electron chi connectivity index (χ0n) is 20.6. The number of carbonyl (C=O) groups excluding carboxylic acids is 4. The molecule has 2 aromatic carbocycles. The van der Waals surface area contributed by atoms with E-state index >= 15 is 0 Å². The van der Waals surface area contributed by atoms with Crippen LogP contribution in [0.2, 0.25) is 0 Å². The number of anilines is 3. The molecule has 1 fully saturated rings. The Morgan fingerprint density at radius 1 is 1.00 bits per heavy atom. The first-order valence-electron chi connectivity index (χ1n) is 12.0. The first-order chi connectivity index (χ1) is 17.8. The third kappa shape index (κ3) is 4.25. The van der Waals surface area contributed by atoms with Crippen molar-refractivity contribution < 1.29 is 23.6 Å². The number of benzene rings is 2. The van der Waals surface area contributed by atoms with Gasteiger partial charge in [0, 0.05) is 18.7 Å². The number of nitrogens with zero attached hydrogens (tertiary/aromatic N) is 4. The fourth-order valence-corrected chi connectivity index (χ4v) is 5.36. The van der Waals surface area contributed by atoms with Gasteiger partial charge in [-0.2, -0.15) is 9.59 Å². The Bertz CT molecular complexity index is 1430. The third-order valence-electron chi connectivity index (χ3n) is 7.21. The molecule has 2 aliphatic heterocycles. The second-order valence-corrected chi connectivity index (χ2v) is 9.48. The monoisotopic (exact) mass is 516 g/mol. The molecule has 6 rings (SSSR count). The lowest BCUT2D eigenvalue weighted by Crippen LogP contribution is -2.52. The van der Waals surface area contributed by atoms with E-state index in [1.807, 2.05) is 38.1 Å². The van der Waals surface area contributed by atoms with Crippen LogP contribution >= 0.6 is 0 Å². The second-order valence-electron chi connectivity index (χ2n) is 9.48. The molecule has 0 N–H and O–H groups in total. The number of likely N-dealkylation sites (N-methyl/N-ethyl adjacent to an activating group) is 1.